The number of anilines is 2. The van der Waals surface area contributed by atoms with Crippen LogP contribution in [0, 0.1) is 0 Å². The first-order valence-corrected chi connectivity index (χ1v) is 8.23. The number of para-hydroxylation sites is 2. The quantitative estimate of drug-likeness (QED) is 0.769. The molecule has 118 valence electrons. The standard InChI is InChI=1S/C14H22N2O4S/c1-14(2,3)21(19,20)9-8-16(10-13(17)18)12-7-5-4-6-11(12)15/h4-7H,8-10,15H2,1-3H3,(H,17,18). The van der Waals surface area contributed by atoms with Gasteiger partial charge in [0.05, 0.1) is 21.9 Å². The monoisotopic (exact) mass is 314 g/mol. The number of benzene rings is 1. The lowest BCUT2D eigenvalue weighted by atomic mass is 10.2. The molecule has 0 amide bonds. The minimum absolute atomic E-state index is 0.0834. The highest BCUT2D eigenvalue weighted by Crippen LogP contribution is 2.23. The molecular weight excluding hydrogens is 292 g/mol. The summed E-state index contributed by atoms with van der Waals surface area (Å²) >= 11 is 0. The lowest BCUT2D eigenvalue weighted by Gasteiger charge is -2.26. The van der Waals surface area contributed by atoms with E-state index in [-0.39, 0.29) is 18.8 Å². The van der Waals surface area contributed by atoms with Crippen molar-refractivity contribution in [3.05, 3.63) is 24.3 Å². The van der Waals surface area contributed by atoms with Crippen LogP contribution in [0.15, 0.2) is 24.3 Å². The van der Waals surface area contributed by atoms with E-state index in [9.17, 15) is 13.2 Å². The molecule has 0 saturated heterocycles. The van der Waals surface area contributed by atoms with Gasteiger partial charge in [0.25, 0.3) is 0 Å². The second kappa shape index (κ2) is 6.34. The second-order valence-corrected chi connectivity index (χ2v) is 8.67. The first-order valence-electron chi connectivity index (χ1n) is 6.58. The maximum absolute atomic E-state index is 12.2. The van der Waals surface area contributed by atoms with E-state index in [1.165, 1.54) is 4.90 Å². The number of rotatable bonds is 6. The van der Waals surface area contributed by atoms with Crippen molar-refractivity contribution >= 4 is 27.2 Å². The molecule has 0 atom stereocenters. The molecule has 1 aromatic carbocycles. The lowest BCUT2D eigenvalue weighted by Crippen LogP contribution is -2.39. The van der Waals surface area contributed by atoms with E-state index in [0.717, 1.165) is 0 Å². The molecule has 6 nitrogen and oxygen atoms in total. The van der Waals surface area contributed by atoms with Gasteiger partial charge in [0.2, 0.25) is 0 Å². The molecule has 0 radical (unpaired) electrons. The van der Waals surface area contributed by atoms with Crippen LogP contribution in [0.4, 0.5) is 11.4 Å². The molecule has 1 rings (SSSR count). The van der Waals surface area contributed by atoms with E-state index in [2.05, 4.69) is 0 Å². The van der Waals surface area contributed by atoms with Gasteiger partial charge in [0, 0.05) is 6.54 Å². The predicted molar refractivity (Wildman–Crippen MR) is 84.2 cm³/mol. The van der Waals surface area contributed by atoms with Gasteiger partial charge < -0.3 is 15.7 Å². The van der Waals surface area contributed by atoms with Crippen molar-refractivity contribution in [2.45, 2.75) is 25.5 Å². The zero-order valence-electron chi connectivity index (χ0n) is 12.5. The summed E-state index contributed by atoms with van der Waals surface area (Å²) in [5, 5.41) is 8.99. The van der Waals surface area contributed by atoms with Crippen LogP contribution in [0.5, 0.6) is 0 Å². The van der Waals surface area contributed by atoms with Crippen molar-refractivity contribution in [3.8, 4) is 0 Å². The van der Waals surface area contributed by atoms with Gasteiger partial charge in [-0.3, -0.25) is 4.79 Å². The molecule has 0 fully saturated rings. The molecule has 0 aliphatic rings. The Balaban J connectivity index is 2.97. The molecule has 0 saturated carbocycles. The van der Waals surface area contributed by atoms with Gasteiger partial charge in [-0.05, 0) is 32.9 Å². The molecule has 7 heteroatoms. The molecule has 0 aromatic heterocycles. The van der Waals surface area contributed by atoms with Crippen molar-refractivity contribution in [3.63, 3.8) is 0 Å². The number of nitrogen functional groups attached to an aromatic ring is 1. The van der Waals surface area contributed by atoms with Gasteiger partial charge in [-0.15, -0.1) is 0 Å². The van der Waals surface area contributed by atoms with Crippen molar-refractivity contribution in [1.29, 1.82) is 0 Å². The summed E-state index contributed by atoms with van der Waals surface area (Å²) in [6.07, 6.45) is 0. The fourth-order valence-corrected chi connectivity index (χ4v) is 2.83. The van der Waals surface area contributed by atoms with Crippen LogP contribution in [0.25, 0.3) is 0 Å². The maximum Gasteiger partial charge on any atom is 0.323 e. The molecule has 0 bridgehead atoms. The van der Waals surface area contributed by atoms with E-state index in [4.69, 9.17) is 10.8 Å². The van der Waals surface area contributed by atoms with Gasteiger partial charge >= 0.3 is 5.97 Å². The number of aliphatic carboxylic acids is 1. The van der Waals surface area contributed by atoms with Gasteiger partial charge in [0.1, 0.15) is 6.54 Å². The fourth-order valence-electron chi connectivity index (χ4n) is 1.76. The molecule has 0 spiro atoms. The Morgan fingerprint density at radius 1 is 1.29 bits per heavy atom. The number of carbonyl (C=O) groups is 1. The van der Waals surface area contributed by atoms with Crippen LogP contribution in [0.2, 0.25) is 0 Å². The van der Waals surface area contributed by atoms with E-state index >= 15 is 0 Å². The summed E-state index contributed by atoms with van der Waals surface area (Å²) in [7, 11) is -3.32. The smallest absolute Gasteiger partial charge is 0.323 e. The first kappa shape index (κ1) is 17.3. The third-order valence-electron chi connectivity index (χ3n) is 3.17. The summed E-state index contributed by atoms with van der Waals surface area (Å²) < 4.78 is 23.4. The van der Waals surface area contributed by atoms with Crippen LogP contribution >= 0.6 is 0 Å². The van der Waals surface area contributed by atoms with Gasteiger partial charge in [-0.25, -0.2) is 8.42 Å². The second-order valence-electron chi connectivity index (χ2n) is 5.81. The number of carboxylic acids is 1. The first-order chi connectivity index (χ1) is 9.54. The molecule has 0 aliphatic heterocycles. The van der Waals surface area contributed by atoms with E-state index < -0.39 is 20.6 Å². The highest BCUT2D eigenvalue weighted by molar-refractivity contribution is 7.92. The third-order valence-corrected chi connectivity index (χ3v) is 5.75. The number of nitrogens with two attached hydrogens (primary N) is 1. The van der Waals surface area contributed by atoms with Gasteiger partial charge in [0.15, 0.2) is 9.84 Å². The number of hydrogen-bond donors (Lipinski definition) is 2. The Hall–Kier alpha value is -1.76. The maximum atomic E-state index is 12.2. The summed E-state index contributed by atoms with van der Waals surface area (Å²) in [6.45, 7) is 4.66. The Bertz CT molecular complexity index is 606. The highest BCUT2D eigenvalue weighted by Gasteiger charge is 2.29. The summed E-state index contributed by atoms with van der Waals surface area (Å²) in [5.74, 6) is -1.16. The molecule has 3 N–H and O–H groups in total. The van der Waals surface area contributed by atoms with Crippen molar-refractivity contribution in [2.75, 3.05) is 29.5 Å². The minimum atomic E-state index is -3.32. The van der Waals surface area contributed by atoms with Gasteiger partial charge in [-0.1, -0.05) is 12.1 Å². The van der Waals surface area contributed by atoms with Gasteiger partial charge in [-0.2, -0.15) is 0 Å². The normalized spacial score (nSPS) is 12.1. The Morgan fingerprint density at radius 2 is 1.86 bits per heavy atom. The van der Waals surface area contributed by atoms with Crippen LogP contribution in [-0.4, -0.2) is 43.1 Å². The minimum Gasteiger partial charge on any atom is -0.480 e. The molecule has 21 heavy (non-hydrogen) atoms. The molecule has 0 heterocycles. The fraction of sp³-hybridized carbons (Fsp3) is 0.500. The Morgan fingerprint density at radius 3 is 2.33 bits per heavy atom. The summed E-state index contributed by atoms with van der Waals surface area (Å²) in [4.78, 5) is 12.5. The number of sulfone groups is 1. The molecular formula is C14H22N2O4S. The van der Waals surface area contributed by atoms with Crippen molar-refractivity contribution in [1.82, 2.24) is 0 Å². The van der Waals surface area contributed by atoms with E-state index in [1.807, 2.05) is 0 Å². The Kier molecular flexibility index (Phi) is 5.22. The lowest BCUT2D eigenvalue weighted by molar-refractivity contribution is -0.135. The molecule has 1 aromatic rings. The SMILES string of the molecule is CC(C)(C)S(=O)(=O)CCN(CC(=O)O)c1ccccc1N. The summed E-state index contributed by atoms with van der Waals surface area (Å²) in [6, 6.07) is 6.81. The zero-order chi connectivity index (χ0) is 16.3. The van der Waals surface area contributed by atoms with Crippen LogP contribution in [0.3, 0.4) is 0 Å². The van der Waals surface area contributed by atoms with Crippen LogP contribution in [-0.2, 0) is 14.6 Å². The predicted octanol–water partition coefficient (Wildman–Crippen LogP) is 1.37. The van der Waals surface area contributed by atoms with Crippen molar-refractivity contribution in [2.24, 2.45) is 0 Å². The average Bonchev–Trinajstić information content (AvgIpc) is 2.33. The third kappa shape index (κ3) is 4.63. The van der Waals surface area contributed by atoms with E-state index in [0.29, 0.717) is 11.4 Å². The summed E-state index contributed by atoms with van der Waals surface area (Å²) in [5.41, 5.74) is 6.79. The number of carboxylic acid groups (broad SMARTS) is 1. The topological polar surface area (TPSA) is 101 Å². The molecule has 0 unspecified atom stereocenters. The number of nitrogens with zero attached hydrogens (tertiary/aromatic N) is 1. The highest BCUT2D eigenvalue weighted by atomic mass is 32.2. The van der Waals surface area contributed by atoms with E-state index in [1.54, 1.807) is 45.0 Å². The van der Waals surface area contributed by atoms with Crippen LogP contribution in [0.1, 0.15) is 20.8 Å². The largest absolute Gasteiger partial charge is 0.480 e. The van der Waals surface area contributed by atoms with Crippen LogP contribution < -0.4 is 10.6 Å². The zero-order valence-corrected chi connectivity index (χ0v) is 13.4. The molecule has 0 aliphatic carbocycles. The average molecular weight is 314 g/mol. The Labute approximate surface area is 125 Å². The van der Waals surface area contributed by atoms with Crippen molar-refractivity contribution < 1.29 is 18.3 Å². The number of hydrogen-bond acceptors (Lipinski definition) is 5.